The van der Waals surface area contributed by atoms with E-state index in [1.165, 1.54) is 0 Å². The van der Waals surface area contributed by atoms with E-state index in [0.29, 0.717) is 6.54 Å². The van der Waals surface area contributed by atoms with Gasteiger partial charge in [0.15, 0.2) is 6.29 Å². The molecule has 4 heteroatoms. The largest absolute Gasteiger partial charge is 0.379 e. The molecule has 0 aromatic heterocycles. The molecular weight excluding hydrogens is 134 g/mol. The Kier molecular flexibility index (Phi) is 2.62. The van der Waals surface area contributed by atoms with E-state index in [4.69, 9.17) is 14.6 Å². The number of nitrogens with one attached hydrogen (secondary N) is 1. The molecule has 2 N–H and O–H groups in total. The van der Waals surface area contributed by atoms with Crippen LogP contribution in [0.15, 0.2) is 0 Å². The smallest absolute Gasteiger partial charge is 0.185 e. The molecule has 0 spiro atoms. The number of rotatable bonds is 4. The maximum absolute atomic E-state index is 8.78. The lowest BCUT2D eigenvalue weighted by Crippen LogP contribution is -2.29. The summed E-state index contributed by atoms with van der Waals surface area (Å²) in [7, 11) is 1.60. The van der Waals surface area contributed by atoms with Crippen molar-refractivity contribution in [1.29, 1.82) is 0 Å². The molecule has 1 rings (SSSR count). The van der Waals surface area contributed by atoms with Gasteiger partial charge >= 0.3 is 0 Å². The minimum Gasteiger partial charge on any atom is -0.379 e. The van der Waals surface area contributed by atoms with Gasteiger partial charge in [-0.15, -0.1) is 0 Å². The lowest BCUT2D eigenvalue weighted by Gasteiger charge is -2.03. The van der Waals surface area contributed by atoms with Crippen LogP contribution in [0, 0.1) is 0 Å². The molecule has 3 atom stereocenters. The molecule has 0 radical (unpaired) electrons. The molecule has 0 saturated carbocycles. The zero-order valence-corrected chi connectivity index (χ0v) is 6.20. The van der Waals surface area contributed by atoms with Crippen LogP contribution in [0.1, 0.15) is 6.92 Å². The third-order valence-electron chi connectivity index (χ3n) is 1.38. The number of hydrogen-bond acceptors (Lipinski definition) is 4. The fourth-order valence-corrected chi connectivity index (χ4v) is 0.765. The van der Waals surface area contributed by atoms with Crippen molar-refractivity contribution in [2.24, 2.45) is 0 Å². The highest BCUT2D eigenvalue weighted by Crippen LogP contribution is 2.20. The fourth-order valence-electron chi connectivity index (χ4n) is 0.765. The molecule has 1 fully saturated rings. The SMILES string of the molecule is CO[C@H]1OC1CNC(C)O. The van der Waals surface area contributed by atoms with E-state index < -0.39 is 6.23 Å². The molecule has 10 heavy (non-hydrogen) atoms. The molecule has 4 nitrogen and oxygen atoms in total. The maximum atomic E-state index is 8.78. The van der Waals surface area contributed by atoms with Crippen molar-refractivity contribution in [2.75, 3.05) is 13.7 Å². The van der Waals surface area contributed by atoms with Crippen LogP contribution in [0.4, 0.5) is 0 Å². The van der Waals surface area contributed by atoms with Gasteiger partial charge in [0.2, 0.25) is 0 Å². The highest BCUT2D eigenvalue weighted by atomic mass is 16.8. The number of ether oxygens (including phenoxy) is 2. The average Bonchev–Trinajstić information content (AvgIpc) is 2.61. The van der Waals surface area contributed by atoms with Crippen LogP contribution < -0.4 is 5.32 Å². The van der Waals surface area contributed by atoms with Crippen LogP contribution in [0.3, 0.4) is 0 Å². The van der Waals surface area contributed by atoms with Gasteiger partial charge in [0.25, 0.3) is 0 Å². The van der Waals surface area contributed by atoms with E-state index in [1.807, 2.05) is 0 Å². The van der Waals surface area contributed by atoms with Crippen LogP contribution >= 0.6 is 0 Å². The molecule has 0 amide bonds. The molecule has 0 bridgehead atoms. The lowest BCUT2D eigenvalue weighted by molar-refractivity contribution is 0.0950. The van der Waals surface area contributed by atoms with E-state index in [2.05, 4.69) is 5.32 Å². The Labute approximate surface area is 60.1 Å². The lowest BCUT2D eigenvalue weighted by atomic mass is 10.4. The first kappa shape index (κ1) is 7.94. The zero-order valence-electron chi connectivity index (χ0n) is 6.20. The first-order chi connectivity index (χ1) is 4.74. The molecule has 1 heterocycles. The molecule has 0 aromatic carbocycles. The summed E-state index contributed by atoms with van der Waals surface area (Å²) >= 11 is 0. The van der Waals surface area contributed by atoms with Crippen molar-refractivity contribution in [3.8, 4) is 0 Å². The van der Waals surface area contributed by atoms with Gasteiger partial charge in [-0.3, -0.25) is 5.32 Å². The normalized spacial score (nSPS) is 33.9. The Morgan fingerprint density at radius 3 is 2.90 bits per heavy atom. The summed E-state index contributed by atoms with van der Waals surface area (Å²) in [4.78, 5) is 0. The van der Waals surface area contributed by atoms with Crippen molar-refractivity contribution in [3.63, 3.8) is 0 Å². The van der Waals surface area contributed by atoms with Crippen molar-refractivity contribution in [1.82, 2.24) is 5.32 Å². The Bertz CT molecular complexity index is 107. The van der Waals surface area contributed by atoms with E-state index in [0.717, 1.165) is 0 Å². The minimum absolute atomic E-state index is 0.0637. The highest BCUT2D eigenvalue weighted by molar-refractivity contribution is 4.78. The van der Waals surface area contributed by atoms with E-state index in [9.17, 15) is 0 Å². The number of hydrogen-bond donors (Lipinski definition) is 2. The molecule has 1 aliphatic heterocycles. The number of methoxy groups -OCH3 is 1. The van der Waals surface area contributed by atoms with Crippen molar-refractivity contribution in [3.05, 3.63) is 0 Å². The third-order valence-corrected chi connectivity index (χ3v) is 1.38. The summed E-state index contributed by atoms with van der Waals surface area (Å²) in [6.07, 6.45) is -0.410. The second kappa shape index (κ2) is 3.30. The summed E-state index contributed by atoms with van der Waals surface area (Å²) in [6, 6.07) is 0. The van der Waals surface area contributed by atoms with Crippen molar-refractivity contribution >= 4 is 0 Å². The Hall–Kier alpha value is -0.160. The summed E-state index contributed by atoms with van der Waals surface area (Å²) < 4.78 is 9.88. The van der Waals surface area contributed by atoms with Gasteiger partial charge in [-0.1, -0.05) is 0 Å². The maximum Gasteiger partial charge on any atom is 0.185 e. The fraction of sp³-hybridized carbons (Fsp3) is 1.00. The molecule has 2 unspecified atom stereocenters. The van der Waals surface area contributed by atoms with Gasteiger partial charge in [0.1, 0.15) is 12.3 Å². The Balaban J connectivity index is 1.96. The Morgan fingerprint density at radius 1 is 1.80 bits per heavy atom. The van der Waals surface area contributed by atoms with Crippen LogP contribution in [-0.2, 0) is 9.47 Å². The number of aliphatic hydroxyl groups excluding tert-OH is 1. The average molecular weight is 147 g/mol. The highest BCUT2D eigenvalue weighted by Gasteiger charge is 2.38. The van der Waals surface area contributed by atoms with Crippen molar-refractivity contribution in [2.45, 2.75) is 25.5 Å². The summed E-state index contributed by atoms with van der Waals surface area (Å²) in [6.45, 7) is 2.32. The number of aliphatic hydroxyl groups is 1. The number of epoxide rings is 1. The Morgan fingerprint density at radius 2 is 2.50 bits per heavy atom. The van der Waals surface area contributed by atoms with Crippen LogP contribution in [0.2, 0.25) is 0 Å². The standard InChI is InChI=1S/C6H13NO3/c1-4(8)7-3-5-6(9-2)10-5/h4-8H,3H2,1-2H3/t4?,5?,6-/m0/s1. The van der Waals surface area contributed by atoms with Gasteiger partial charge in [0.05, 0.1) is 0 Å². The van der Waals surface area contributed by atoms with E-state index in [1.54, 1.807) is 14.0 Å². The second-order valence-corrected chi connectivity index (χ2v) is 2.36. The quantitative estimate of drug-likeness (QED) is 0.407. The molecule has 0 aromatic rings. The summed E-state index contributed by atoms with van der Waals surface area (Å²) in [5.41, 5.74) is 0. The third kappa shape index (κ3) is 2.22. The van der Waals surface area contributed by atoms with Gasteiger partial charge in [0, 0.05) is 13.7 Å². The van der Waals surface area contributed by atoms with Crippen LogP contribution in [-0.4, -0.2) is 37.4 Å². The van der Waals surface area contributed by atoms with E-state index >= 15 is 0 Å². The summed E-state index contributed by atoms with van der Waals surface area (Å²) in [5.74, 6) is 0. The van der Waals surface area contributed by atoms with Gasteiger partial charge in [-0.05, 0) is 6.92 Å². The van der Waals surface area contributed by atoms with Crippen LogP contribution in [0.5, 0.6) is 0 Å². The van der Waals surface area contributed by atoms with Crippen LogP contribution in [0.25, 0.3) is 0 Å². The molecular formula is C6H13NO3. The zero-order chi connectivity index (χ0) is 7.56. The molecule has 0 aliphatic carbocycles. The first-order valence-electron chi connectivity index (χ1n) is 3.33. The first-order valence-corrected chi connectivity index (χ1v) is 3.33. The molecule has 1 aliphatic rings. The van der Waals surface area contributed by atoms with Crippen molar-refractivity contribution < 1.29 is 14.6 Å². The topological polar surface area (TPSA) is 54.0 Å². The minimum atomic E-state index is -0.471. The summed E-state index contributed by atoms with van der Waals surface area (Å²) in [5, 5.41) is 11.6. The van der Waals surface area contributed by atoms with Gasteiger partial charge in [-0.2, -0.15) is 0 Å². The predicted octanol–water partition coefficient (Wildman–Crippen LogP) is -0.714. The predicted molar refractivity (Wildman–Crippen MR) is 35.4 cm³/mol. The molecule has 1 saturated heterocycles. The van der Waals surface area contributed by atoms with E-state index in [-0.39, 0.29) is 12.4 Å². The van der Waals surface area contributed by atoms with Gasteiger partial charge < -0.3 is 14.6 Å². The monoisotopic (exact) mass is 147 g/mol. The van der Waals surface area contributed by atoms with Gasteiger partial charge in [-0.25, -0.2) is 0 Å². The molecule has 60 valence electrons. The second-order valence-electron chi connectivity index (χ2n) is 2.36.